The van der Waals surface area contributed by atoms with E-state index in [4.69, 9.17) is 5.11 Å². The first-order valence-electron chi connectivity index (χ1n) is 3.90. The highest BCUT2D eigenvalue weighted by atomic mass is 32.2. The summed E-state index contributed by atoms with van der Waals surface area (Å²) in [6.07, 6.45) is 0. The Hall–Kier alpha value is -1.00. The quantitative estimate of drug-likeness (QED) is 0.722. The molecule has 2 N–H and O–H groups in total. The van der Waals surface area contributed by atoms with Crippen molar-refractivity contribution in [2.75, 3.05) is 0 Å². The molecule has 0 spiro atoms. The van der Waals surface area contributed by atoms with Crippen molar-refractivity contribution in [1.82, 2.24) is 4.72 Å². The molecule has 4 heteroatoms. The molecular formula is C9H11NO2S. The van der Waals surface area contributed by atoms with Crippen LogP contribution in [0.3, 0.4) is 0 Å². The molecule has 0 saturated heterocycles. The fourth-order valence-corrected chi connectivity index (χ4v) is 1.40. The van der Waals surface area contributed by atoms with Crippen molar-refractivity contribution < 1.29 is 9.90 Å². The molecule has 0 radical (unpaired) electrons. The topological polar surface area (TPSA) is 49.3 Å². The second kappa shape index (κ2) is 4.89. The van der Waals surface area contributed by atoms with Gasteiger partial charge in [-0.25, -0.2) is 4.72 Å². The van der Waals surface area contributed by atoms with Crippen LogP contribution in [0.4, 0.5) is 0 Å². The van der Waals surface area contributed by atoms with E-state index in [-0.39, 0.29) is 0 Å². The van der Waals surface area contributed by atoms with Gasteiger partial charge in [0.15, 0.2) is 0 Å². The zero-order chi connectivity index (χ0) is 9.68. The van der Waals surface area contributed by atoms with Gasteiger partial charge in [-0.05, 0) is 31.0 Å². The molecule has 3 nitrogen and oxygen atoms in total. The molecule has 0 aliphatic rings. The Labute approximate surface area is 81.3 Å². The van der Waals surface area contributed by atoms with Crippen molar-refractivity contribution >= 4 is 17.9 Å². The second-order valence-electron chi connectivity index (χ2n) is 2.59. The summed E-state index contributed by atoms with van der Waals surface area (Å²) in [7, 11) is 0. The summed E-state index contributed by atoms with van der Waals surface area (Å²) in [5, 5.41) is 8.58. The van der Waals surface area contributed by atoms with Crippen molar-refractivity contribution in [2.24, 2.45) is 0 Å². The highest BCUT2D eigenvalue weighted by Gasteiger charge is 2.09. The normalized spacial score (nSPS) is 12.4. The van der Waals surface area contributed by atoms with Crippen molar-refractivity contribution in [3.05, 3.63) is 30.3 Å². The van der Waals surface area contributed by atoms with Gasteiger partial charge in [-0.2, -0.15) is 0 Å². The van der Waals surface area contributed by atoms with E-state index in [1.807, 2.05) is 30.3 Å². The first kappa shape index (κ1) is 10.1. The number of hydrogen-bond donors (Lipinski definition) is 2. The number of hydrogen-bond acceptors (Lipinski definition) is 3. The summed E-state index contributed by atoms with van der Waals surface area (Å²) in [5.74, 6) is -0.844. The lowest BCUT2D eigenvalue weighted by Gasteiger charge is -2.07. The van der Waals surface area contributed by atoms with E-state index in [9.17, 15) is 4.79 Å². The molecule has 1 aromatic carbocycles. The van der Waals surface area contributed by atoms with Crippen LogP contribution in [0.5, 0.6) is 0 Å². The summed E-state index contributed by atoms with van der Waals surface area (Å²) < 4.78 is 2.82. The zero-order valence-electron chi connectivity index (χ0n) is 7.23. The predicted molar refractivity (Wildman–Crippen MR) is 52.5 cm³/mol. The zero-order valence-corrected chi connectivity index (χ0v) is 8.04. The third-order valence-corrected chi connectivity index (χ3v) is 2.45. The van der Waals surface area contributed by atoms with E-state index in [0.717, 1.165) is 4.90 Å². The van der Waals surface area contributed by atoms with E-state index in [0.29, 0.717) is 0 Å². The Bertz CT molecular complexity index is 276. The van der Waals surface area contributed by atoms with Gasteiger partial charge in [0, 0.05) is 4.90 Å². The molecule has 1 atom stereocenters. The smallest absolute Gasteiger partial charge is 0.321 e. The first-order valence-corrected chi connectivity index (χ1v) is 4.72. The third-order valence-electron chi connectivity index (χ3n) is 1.47. The number of carbonyl (C=O) groups is 1. The maximum absolute atomic E-state index is 10.4. The monoisotopic (exact) mass is 197 g/mol. The molecule has 0 bridgehead atoms. The predicted octanol–water partition coefficient (Wildman–Crippen LogP) is 1.76. The van der Waals surface area contributed by atoms with Crippen LogP contribution in [-0.4, -0.2) is 17.1 Å². The van der Waals surface area contributed by atoms with Crippen LogP contribution < -0.4 is 4.72 Å². The lowest BCUT2D eigenvalue weighted by Crippen LogP contribution is -2.28. The summed E-state index contributed by atoms with van der Waals surface area (Å²) in [5.41, 5.74) is 0. The molecule has 13 heavy (non-hydrogen) atoms. The van der Waals surface area contributed by atoms with E-state index in [1.54, 1.807) is 6.92 Å². The lowest BCUT2D eigenvalue weighted by molar-refractivity contribution is -0.138. The number of carboxylic acids is 1. The lowest BCUT2D eigenvalue weighted by atomic mass is 10.4. The average molecular weight is 197 g/mol. The Morgan fingerprint density at radius 3 is 2.62 bits per heavy atom. The molecule has 0 unspecified atom stereocenters. The summed E-state index contributed by atoms with van der Waals surface area (Å²) >= 11 is 1.33. The van der Waals surface area contributed by atoms with Crippen LogP contribution in [0, 0.1) is 0 Å². The van der Waals surface area contributed by atoms with Gasteiger partial charge in [0.1, 0.15) is 6.04 Å². The molecule has 1 rings (SSSR count). The largest absolute Gasteiger partial charge is 0.480 e. The Balaban J connectivity index is 2.39. The molecule has 0 saturated carbocycles. The molecule has 0 aliphatic carbocycles. The van der Waals surface area contributed by atoms with Crippen LogP contribution >= 0.6 is 11.9 Å². The summed E-state index contributed by atoms with van der Waals surface area (Å²) in [6, 6.07) is 9.05. The number of rotatable bonds is 4. The maximum atomic E-state index is 10.4. The van der Waals surface area contributed by atoms with Crippen LogP contribution in [-0.2, 0) is 4.79 Å². The summed E-state index contributed by atoms with van der Waals surface area (Å²) in [6.45, 7) is 1.61. The van der Waals surface area contributed by atoms with Gasteiger partial charge in [-0.15, -0.1) is 0 Å². The van der Waals surface area contributed by atoms with Crippen molar-refractivity contribution in [3.63, 3.8) is 0 Å². The van der Waals surface area contributed by atoms with Crippen LogP contribution in [0.25, 0.3) is 0 Å². The molecule has 0 fully saturated rings. The van der Waals surface area contributed by atoms with Crippen molar-refractivity contribution in [2.45, 2.75) is 17.9 Å². The minimum Gasteiger partial charge on any atom is -0.480 e. The van der Waals surface area contributed by atoms with E-state index < -0.39 is 12.0 Å². The van der Waals surface area contributed by atoms with Crippen molar-refractivity contribution in [1.29, 1.82) is 0 Å². The average Bonchev–Trinajstić information content (AvgIpc) is 2.15. The minimum atomic E-state index is -0.844. The highest BCUT2D eigenvalue weighted by molar-refractivity contribution is 7.97. The van der Waals surface area contributed by atoms with Gasteiger partial charge < -0.3 is 5.11 Å². The van der Waals surface area contributed by atoms with Gasteiger partial charge in [-0.3, -0.25) is 4.79 Å². The van der Waals surface area contributed by atoms with Crippen LogP contribution in [0.2, 0.25) is 0 Å². The fourth-order valence-electron chi connectivity index (χ4n) is 0.695. The molecule has 70 valence electrons. The number of aliphatic carboxylic acids is 1. The molecule has 0 heterocycles. The highest BCUT2D eigenvalue weighted by Crippen LogP contribution is 2.13. The maximum Gasteiger partial charge on any atom is 0.321 e. The molecule has 0 aliphatic heterocycles. The molecular weight excluding hydrogens is 186 g/mol. The Kier molecular flexibility index (Phi) is 3.79. The molecule has 1 aromatic rings. The standard InChI is InChI=1S/C9H11NO2S/c1-7(9(11)12)10-13-8-5-3-2-4-6-8/h2-7,10H,1H3,(H,11,12)/t7-/m1/s1. The van der Waals surface area contributed by atoms with Crippen molar-refractivity contribution in [3.8, 4) is 0 Å². The van der Waals surface area contributed by atoms with E-state index in [2.05, 4.69) is 4.72 Å². The first-order chi connectivity index (χ1) is 6.20. The Morgan fingerprint density at radius 2 is 2.08 bits per heavy atom. The van der Waals surface area contributed by atoms with E-state index >= 15 is 0 Å². The van der Waals surface area contributed by atoms with E-state index in [1.165, 1.54) is 11.9 Å². The Morgan fingerprint density at radius 1 is 1.46 bits per heavy atom. The van der Waals surface area contributed by atoms with Gasteiger partial charge in [0.25, 0.3) is 0 Å². The van der Waals surface area contributed by atoms with Crippen LogP contribution in [0.1, 0.15) is 6.92 Å². The SMILES string of the molecule is C[C@@H](NSc1ccccc1)C(=O)O. The van der Waals surface area contributed by atoms with Gasteiger partial charge in [-0.1, -0.05) is 18.2 Å². The molecule has 0 amide bonds. The van der Waals surface area contributed by atoms with Gasteiger partial charge in [0.2, 0.25) is 0 Å². The van der Waals surface area contributed by atoms with Gasteiger partial charge in [0.05, 0.1) is 0 Å². The number of benzene rings is 1. The number of nitrogens with one attached hydrogen (secondary N) is 1. The number of carboxylic acid groups (broad SMARTS) is 1. The van der Waals surface area contributed by atoms with Gasteiger partial charge >= 0.3 is 5.97 Å². The fraction of sp³-hybridized carbons (Fsp3) is 0.222. The molecule has 0 aromatic heterocycles. The third kappa shape index (κ3) is 3.48. The minimum absolute atomic E-state index is 0.537. The second-order valence-corrected chi connectivity index (χ2v) is 3.50. The summed E-state index contributed by atoms with van der Waals surface area (Å²) in [4.78, 5) is 11.5. The van der Waals surface area contributed by atoms with Crippen LogP contribution in [0.15, 0.2) is 35.2 Å².